The molecule has 0 saturated heterocycles. The molecule has 142 valence electrons. The van der Waals surface area contributed by atoms with E-state index in [2.05, 4.69) is 41.8 Å². The molecule has 4 aromatic rings. The highest BCUT2D eigenvalue weighted by molar-refractivity contribution is 9.11. The van der Waals surface area contributed by atoms with E-state index < -0.39 is 10.1 Å². The number of aromatic nitrogens is 2. The molecule has 1 aromatic heterocycles. The Kier molecular flexibility index (Phi) is 5.30. The minimum atomic E-state index is -3.91. The monoisotopic (exact) mass is 540 g/mol. The molecule has 28 heavy (non-hydrogen) atoms. The van der Waals surface area contributed by atoms with Crippen molar-refractivity contribution < 1.29 is 12.6 Å². The summed E-state index contributed by atoms with van der Waals surface area (Å²) in [4.78, 5) is 9.13. The molecule has 0 amide bonds. The highest BCUT2D eigenvalue weighted by Crippen LogP contribution is 2.38. The second-order valence-corrected chi connectivity index (χ2v) is 9.71. The van der Waals surface area contributed by atoms with Gasteiger partial charge >= 0.3 is 10.1 Å². The third-order valence-electron chi connectivity index (χ3n) is 3.93. The molecule has 0 atom stereocenters. The molecule has 0 N–H and O–H groups in total. The first-order valence-electron chi connectivity index (χ1n) is 8.03. The van der Waals surface area contributed by atoms with Crippen molar-refractivity contribution >= 4 is 75.6 Å². The average molecular weight is 543 g/mol. The molecular weight excluding hydrogens is 532 g/mol. The van der Waals surface area contributed by atoms with E-state index in [1.165, 1.54) is 0 Å². The maximum atomic E-state index is 12.6. The van der Waals surface area contributed by atoms with Crippen molar-refractivity contribution in [2.45, 2.75) is 5.75 Å². The summed E-state index contributed by atoms with van der Waals surface area (Å²) in [5.74, 6) is -0.160. The predicted molar refractivity (Wildman–Crippen MR) is 117 cm³/mol. The summed E-state index contributed by atoms with van der Waals surface area (Å²) in [6, 6.07) is 15.6. The van der Waals surface area contributed by atoms with Crippen LogP contribution in [0.2, 0.25) is 5.02 Å². The molecular formula is C19H11Br2ClN2O3S. The average Bonchev–Trinajstić information content (AvgIpc) is 2.64. The Morgan fingerprint density at radius 2 is 1.61 bits per heavy atom. The summed E-state index contributed by atoms with van der Waals surface area (Å²) in [6.45, 7) is 0. The van der Waals surface area contributed by atoms with Crippen LogP contribution in [0.15, 0.2) is 63.5 Å². The fourth-order valence-corrected chi connectivity index (χ4v) is 5.39. The van der Waals surface area contributed by atoms with Gasteiger partial charge in [0, 0.05) is 9.50 Å². The standard InChI is InChI=1S/C19H11Br2ClN2O3S/c20-13-9-14(21)19(27-28(25,26)10-11-4-2-1-3-5-11)18-17(13)24-16-8-12(22)6-7-15(16)23-18/h1-9H,10H2. The van der Waals surface area contributed by atoms with Crippen molar-refractivity contribution in [3.8, 4) is 5.75 Å². The van der Waals surface area contributed by atoms with Gasteiger partial charge in [-0.25, -0.2) is 9.97 Å². The summed E-state index contributed by atoms with van der Waals surface area (Å²) in [6.07, 6.45) is 0. The Bertz CT molecular complexity index is 1320. The van der Waals surface area contributed by atoms with E-state index in [1.54, 1.807) is 48.5 Å². The van der Waals surface area contributed by atoms with E-state index in [0.29, 0.717) is 41.6 Å². The third kappa shape index (κ3) is 4.00. The molecule has 3 aromatic carbocycles. The first kappa shape index (κ1) is 19.6. The van der Waals surface area contributed by atoms with Crippen LogP contribution in [0.25, 0.3) is 22.1 Å². The van der Waals surface area contributed by atoms with Gasteiger partial charge in [-0.2, -0.15) is 8.42 Å². The fraction of sp³-hybridized carbons (Fsp3) is 0.0526. The van der Waals surface area contributed by atoms with Crippen molar-refractivity contribution in [1.82, 2.24) is 9.97 Å². The molecule has 0 unspecified atom stereocenters. The molecule has 0 spiro atoms. The largest absolute Gasteiger partial charge is 0.379 e. The molecule has 9 heteroatoms. The van der Waals surface area contributed by atoms with Crippen LogP contribution in [-0.2, 0) is 15.9 Å². The normalized spacial score (nSPS) is 11.8. The van der Waals surface area contributed by atoms with Gasteiger partial charge in [0.05, 0.1) is 15.5 Å². The number of benzene rings is 3. The maximum absolute atomic E-state index is 12.6. The Morgan fingerprint density at radius 1 is 0.893 bits per heavy atom. The smallest absolute Gasteiger partial charge is 0.313 e. The third-order valence-corrected chi connectivity index (χ3v) is 6.47. The fourth-order valence-electron chi connectivity index (χ4n) is 2.72. The quantitative estimate of drug-likeness (QED) is 0.238. The molecule has 4 rings (SSSR count). The van der Waals surface area contributed by atoms with E-state index in [1.807, 2.05) is 6.07 Å². The first-order chi connectivity index (χ1) is 13.3. The lowest BCUT2D eigenvalue weighted by molar-refractivity contribution is 0.485. The molecule has 0 aliphatic rings. The van der Waals surface area contributed by atoms with Crippen LogP contribution in [0, 0.1) is 0 Å². The Balaban J connectivity index is 1.85. The summed E-state index contributed by atoms with van der Waals surface area (Å²) < 4.78 is 31.8. The number of halogens is 3. The van der Waals surface area contributed by atoms with Gasteiger partial charge in [-0.3, -0.25) is 0 Å². The van der Waals surface area contributed by atoms with Crippen LogP contribution in [0.1, 0.15) is 5.56 Å². The van der Waals surface area contributed by atoms with Crippen LogP contribution in [-0.4, -0.2) is 18.4 Å². The molecule has 0 aliphatic carbocycles. The number of rotatable bonds is 4. The molecule has 0 bridgehead atoms. The summed E-state index contributed by atoms with van der Waals surface area (Å²) in [5, 5.41) is 0.538. The van der Waals surface area contributed by atoms with Crippen LogP contribution in [0.3, 0.4) is 0 Å². The van der Waals surface area contributed by atoms with Gasteiger partial charge in [0.15, 0.2) is 5.75 Å². The van der Waals surface area contributed by atoms with Crippen molar-refractivity contribution in [3.63, 3.8) is 0 Å². The Hall–Kier alpha value is -1.74. The van der Waals surface area contributed by atoms with Crippen molar-refractivity contribution in [1.29, 1.82) is 0 Å². The summed E-state index contributed by atoms with van der Waals surface area (Å²) >= 11 is 12.9. The summed E-state index contributed by atoms with van der Waals surface area (Å²) in [5.41, 5.74) is 2.61. The number of fused-ring (bicyclic) bond motifs is 2. The number of hydrogen-bond donors (Lipinski definition) is 0. The Labute approximate surface area is 183 Å². The van der Waals surface area contributed by atoms with Crippen molar-refractivity contribution in [2.75, 3.05) is 0 Å². The molecule has 1 heterocycles. The van der Waals surface area contributed by atoms with E-state index in [4.69, 9.17) is 15.8 Å². The van der Waals surface area contributed by atoms with Gasteiger partial charge in [-0.15, -0.1) is 0 Å². The zero-order valence-electron chi connectivity index (χ0n) is 14.1. The van der Waals surface area contributed by atoms with E-state index >= 15 is 0 Å². The van der Waals surface area contributed by atoms with Crippen molar-refractivity contribution in [2.24, 2.45) is 0 Å². The molecule has 0 fully saturated rings. The summed E-state index contributed by atoms with van der Waals surface area (Å²) in [7, 11) is -3.91. The van der Waals surface area contributed by atoms with Crippen molar-refractivity contribution in [3.05, 3.63) is 74.1 Å². The first-order valence-corrected chi connectivity index (χ1v) is 11.6. The maximum Gasteiger partial charge on any atom is 0.313 e. The SMILES string of the molecule is O=S(=O)(Cc1ccccc1)Oc1c(Br)cc(Br)c2nc3cc(Cl)ccc3nc12. The van der Waals surface area contributed by atoms with Gasteiger partial charge in [0.1, 0.15) is 16.8 Å². The van der Waals surface area contributed by atoms with Gasteiger partial charge < -0.3 is 4.18 Å². The zero-order valence-corrected chi connectivity index (χ0v) is 18.8. The second-order valence-electron chi connectivity index (χ2n) is 5.99. The minimum absolute atomic E-state index is 0.0958. The zero-order chi connectivity index (χ0) is 19.9. The number of hydrogen-bond acceptors (Lipinski definition) is 5. The number of nitrogens with zero attached hydrogens (tertiary/aromatic N) is 2. The van der Waals surface area contributed by atoms with Crippen LogP contribution in [0.5, 0.6) is 5.75 Å². The second kappa shape index (κ2) is 7.59. The molecule has 0 saturated carbocycles. The Morgan fingerprint density at radius 3 is 2.36 bits per heavy atom. The topological polar surface area (TPSA) is 69.2 Å². The molecule has 0 aliphatic heterocycles. The predicted octanol–water partition coefficient (Wildman–Crippen LogP) is 5.87. The van der Waals surface area contributed by atoms with Crippen LogP contribution in [0.4, 0.5) is 0 Å². The van der Waals surface area contributed by atoms with Crippen LogP contribution < -0.4 is 4.18 Å². The minimum Gasteiger partial charge on any atom is -0.379 e. The van der Waals surface area contributed by atoms with E-state index in [9.17, 15) is 8.42 Å². The lowest BCUT2D eigenvalue weighted by atomic mass is 10.2. The van der Waals surface area contributed by atoms with Gasteiger partial charge in [0.25, 0.3) is 0 Å². The molecule has 0 radical (unpaired) electrons. The van der Waals surface area contributed by atoms with Crippen LogP contribution >= 0.6 is 43.5 Å². The van der Waals surface area contributed by atoms with Gasteiger partial charge in [0.2, 0.25) is 0 Å². The highest BCUT2D eigenvalue weighted by Gasteiger charge is 2.21. The lowest BCUT2D eigenvalue weighted by Gasteiger charge is -2.12. The van der Waals surface area contributed by atoms with Gasteiger partial charge in [-0.1, -0.05) is 41.9 Å². The van der Waals surface area contributed by atoms with E-state index in [-0.39, 0.29) is 11.5 Å². The lowest BCUT2D eigenvalue weighted by Crippen LogP contribution is -2.13. The van der Waals surface area contributed by atoms with E-state index in [0.717, 1.165) is 0 Å². The van der Waals surface area contributed by atoms with Gasteiger partial charge in [-0.05, 0) is 61.7 Å². The highest BCUT2D eigenvalue weighted by atomic mass is 79.9. The molecule has 5 nitrogen and oxygen atoms in total.